The predicted molar refractivity (Wildman–Crippen MR) is 71.0 cm³/mol. The molecule has 1 fully saturated rings. The molecular formula is C15H22FNO. The normalized spacial score (nSPS) is 25.3. The molecule has 0 aromatic heterocycles. The maximum atomic E-state index is 13.7. The van der Waals surface area contributed by atoms with Gasteiger partial charge in [-0.2, -0.15) is 0 Å². The van der Waals surface area contributed by atoms with Gasteiger partial charge in [-0.3, -0.25) is 0 Å². The zero-order chi connectivity index (χ0) is 13.1. The number of hydrogen-bond donors (Lipinski definition) is 2. The van der Waals surface area contributed by atoms with E-state index < -0.39 is 0 Å². The third-order valence-electron chi connectivity index (χ3n) is 4.18. The van der Waals surface area contributed by atoms with Crippen molar-refractivity contribution in [2.75, 3.05) is 6.54 Å². The Bertz CT molecular complexity index is 407. The van der Waals surface area contributed by atoms with E-state index in [1.165, 1.54) is 31.4 Å². The molecule has 3 atom stereocenters. The van der Waals surface area contributed by atoms with Crippen LogP contribution in [0.1, 0.15) is 44.7 Å². The maximum Gasteiger partial charge on any atom is 0.131 e. The third kappa shape index (κ3) is 3.02. The molecule has 3 unspecified atom stereocenters. The number of halogens is 1. The summed E-state index contributed by atoms with van der Waals surface area (Å²) in [7, 11) is 0. The summed E-state index contributed by atoms with van der Waals surface area (Å²) in [6.45, 7) is 5.21. The molecule has 0 amide bonds. The van der Waals surface area contributed by atoms with Crippen LogP contribution in [0.3, 0.4) is 0 Å². The summed E-state index contributed by atoms with van der Waals surface area (Å²) < 4.78 is 13.7. The lowest BCUT2D eigenvalue weighted by molar-refractivity contribution is 0.371. The standard InChI is InChI=1S/C15H22FNO/c1-10-4-3-5-12(10)9-17-11(2)14-7-6-13(18)8-15(14)16/h6-8,10-12,17-18H,3-5,9H2,1-2H3. The van der Waals surface area contributed by atoms with E-state index in [0.717, 1.165) is 12.5 Å². The molecule has 0 saturated heterocycles. The van der Waals surface area contributed by atoms with Crippen LogP contribution in [-0.2, 0) is 0 Å². The van der Waals surface area contributed by atoms with E-state index in [-0.39, 0.29) is 17.6 Å². The van der Waals surface area contributed by atoms with Gasteiger partial charge in [-0.15, -0.1) is 0 Å². The van der Waals surface area contributed by atoms with Crippen molar-refractivity contribution in [3.05, 3.63) is 29.6 Å². The second-order valence-electron chi connectivity index (χ2n) is 5.50. The Kier molecular flexibility index (Phi) is 4.23. The van der Waals surface area contributed by atoms with E-state index in [4.69, 9.17) is 0 Å². The van der Waals surface area contributed by atoms with Gasteiger partial charge in [-0.25, -0.2) is 4.39 Å². The second kappa shape index (κ2) is 5.70. The monoisotopic (exact) mass is 251 g/mol. The van der Waals surface area contributed by atoms with Crippen LogP contribution >= 0.6 is 0 Å². The van der Waals surface area contributed by atoms with Gasteiger partial charge in [0.1, 0.15) is 11.6 Å². The van der Waals surface area contributed by atoms with Gasteiger partial charge in [0, 0.05) is 17.7 Å². The van der Waals surface area contributed by atoms with Gasteiger partial charge in [-0.05, 0) is 37.8 Å². The largest absolute Gasteiger partial charge is 0.508 e. The van der Waals surface area contributed by atoms with Crippen LogP contribution < -0.4 is 5.32 Å². The molecule has 0 bridgehead atoms. The number of phenols is 1. The summed E-state index contributed by atoms with van der Waals surface area (Å²) in [5.74, 6) is 1.13. The Hall–Kier alpha value is -1.09. The molecule has 2 N–H and O–H groups in total. The van der Waals surface area contributed by atoms with E-state index in [2.05, 4.69) is 12.2 Å². The van der Waals surface area contributed by atoms with Crippen LogP contribution in [0.15, 0.2) is 18.2 Å². The zero-order valence-electron chi connectivity index (χ0n) is 11.1. The highest BCUT2D eigenvalue weighted by Gasteiger charge is 2.23. The van der Waals surface area contributed by atoms with Crippen LogP contribution in [0.2, 0.25) is 0 Å². The fourth-order valence-corrected chi connectivity index (χ4v) is 2.83. The molecule has 0 radical (unpaired) electrons. The lowest BCUT2D eigenvalue weighted by Crippen LogP contribution is -2.27. The number of hydrogen-bond acceptors (Lipinski definition) is 2. The first-order chi connectivity index (χ1) is 8.58. The second-order valence-corrected chi connectivity index (χ2v) is 5.50. The van der Waals surface area contributed by atoms with Crippen molar-refractivity contribution in [3.8, 4) is 5.75 Å². The number of benzene rings is 1. The Morgan fingerprint density at radius 3 is 2.83 bits per heavy atom. The Morgan fingerprint density at radius 1 is 1.44 bits per heavy atom. The molecule has 1 aromatic rings. The SMILES string of the molecule is CC(NCC1CCCC1C)c1ccc(O)cc1F. The quantitative estimate of drug-likeness (QED) is 0.856. The zero-order valence-corrected chi connectivity index (χ0v) is 11.1. The number of nitrogens with one attached hydrogen (secondary N) is 1. The van der Waals surface area contributed by atoms with E-state index in [1.807, 2.05) is 6.92 Å². The first-order valence-electron chi connectivity index (χ1n) is 6.79. The number of phenolic OH excluding ortho intramolecular Hbond substituents is 1. The summed E-state index contributed by atoms with van der Waals surface area (Å²) in [6, 6.07) is 4.35. The molecule has 2 nitrogen and oxygen atoms in total. The first-order valence-corrected chi connectivity index (χ1v) is 6.79. The third-order valence-corrected chi connectivity index (χ3v) is 4.18. The summed E-state index contributed by atoms with van der Waals surface area (Å²) >= 11 is 0. The minimum atomic E-state index is -0.338. The number of aromatic hydroxyl groups is 1. The molecule has 3 heteroatoms. The van der Waals surface area contributed by atoms with Gasteiger partial charge in [0.25, 0.3) is 0 Å². The molecule has 1 saturated carbocycles. The molecule has 18 heavy (non-hydrogen) atoms. The van der Waals surface area contributed by atoms with E-state index in [1.54, 1.807) is 6.07 Å². The summed E-state index contributed by atoms with van der Waals surface area (Å²) in [5, 5.41) is 12.6. The Labute approximate surface area is 108 Å². The van der Waals surface area contributed by atoms with Gasteiger partial charge in [0.05, 0.1) is 0 Å². The van der Waals surface area contributed by atoms with Crippen molar-refractivity contribution in [2.45, 2.75) is 39.2 Å². The van der Waals surface area contributed by atoms with E-state index in [9.17, 15) is 9.50 Å². The molecule has 1 aromatic carbocycles. The fourth-order valence-electron chi connectivity index (χ4n) is 2.83. The summed E-state index contributed by atoms with van der Waals surface area (Å²) in [6.07, 6.45) is 3.91. The van der Waals surface area contributed by atoms with Crippen LogP contribution in [0.4, 0.5) is 4.39 Å². The molecule has 0 aliphatic heterocycles. The molecule has 2 rings (SSSR count). The van der Waals surface area contributed by atoms with E-state index in [0.29, 0.717) is 11.5 Å². The molecule has 100 valence electrons. The highest BCUT2D eigenvalue weighted by atomic mass is 19.1. The molecule has 0 spiro atoms. The van der Waals surface area contributed by atoms with Crippen molar-refractivity contribution >= 4 is 0 Å². The average Bonchev–Trinajstić information content (AvgIpc) is 2.72. The van der Waals surface area contributed by atoms with Gasteiger partial charge < -0.3 is 10.4 Å². The van der Waals surface area contributed by atoms with Crippen LogP contribution in [0.25, 0.3) is 0 Å². The van der Waals surface area contributed by atoms with Crippen molar-refractivity contribution < 1.29 is 9.50 Å². The lowest BCUT2D eigenvalue weighted by Gasteiger charge is -2.20. The van der Waals surface area contributed by atoms with E-state index >= 15 is 0 Å². The maximum absolute atomic E-state index is 13.7. The van der Waals surface area contributed by atoms with Crippen molar-refractivity contribution in [1.29, 1.82) is 0 Å². The Balaban J connectivity index is 1.93. The smallest absolute Gasteiger partial charge is 0.131 e. The predicted octanol–water partition coefficient (Wildman–Crippen LogP) is 3.62. The fraction of sp³-hybridized carbons (Fsp3) is 0.600. The van der Waals surface area contributed by atoms with Crippen molar-refractivity contribution in [1.82, 2.24) is 5.32 Å². The Morgan fingerprint density at radius 2 is 2.22 bits per heavy atom. The lowest BCUT2D eigenvalue weighted by atomic mass is 9.97. The number of rotatable bonds is 4. The van der Waals surface area contributed by atoms with Crippen molar-refractivity contribution in [2.24, 2.45) is 11.8 Å². The van der Waals surface area contributed by atoms with Gasteiger partial charge in [0.15, 0.2) is 0 Å². The first kappa shape index (κ1) is 13.3. The topological polar surface area (TPSA) is 32.3 Å². The average molecular weight is 251 g/mol. The van der Waals surface area contributed by atoms with Crippen LogP contribution in [-0.4, -0.2) is 11.7 Å². The van der Waals surface area contributed by atoms with Crippen LogP contribution in [0, 0.1) is 17.7 Å². The molecule has 0 heterocycles. The van der Waals surface area contributed by atoms with Crippen molar-refractivity contribution in [3.63, 3.8) is 0 Å². The highest BCUT2D eigenvalue weighted by molar-refractivity contribution is 5.29. The van der Waals surface area contributed by atoms with Gasteiger partial charge in [0.2, 0.25) is 0 Å². The minimum absolute atomic E-state index is 0.0154. The minimum Gasteiger partial charge on any atom is -0.508 e. The molecule has 1 aliphatic rings. The molecule has 1 aliphatic carbocycles. The van der Waals surface area contributed by atoms with Gasteiger partial charge in [-0.1, -0.05) is 25.8 Å². The highest BCUT2D eigenvalue weighted by Crippen LogP contribution is 2.31. The van der Waals surface area contributed by atoms with Gasteiger partial charge >= 0.3 is 0 Å². The van der Waals surface area contributed by atoms with Crippen LogP contribution in [0.5, 0.6) is 5.75 Å². The molecular weight excluding hydrogens is 229 g/mol. The summed E-state index contributed by atoms with van der Waals surface area (Å²) in [5.41, 5.74) is 0.624. The summed E-state index contributed by atoms with van der Waals surface area (Å²) in [4.78, 5) is 0.